The van der Waals surface area contributed by atoms with Crippen LogP contribution in [0.15, 0.2) is 23.1 Å². The molecular formula is C15H20N2OS. The van der Waals surface area contributed by atoms with Crippen LogP contribution in [0, 0.1) is 0 Å². The van der Waals surface area contributed by atoms with E-state index in [9.17, 15) is 4.79 Å². The van der Waals surface area contributed by atoms with Gasteiger partial charge in [0.25, 0.3) is 0 Å². The highest BCUT2D eigenvalue weighted by Gasteiger charge is 2.54. The van der Waals surface area contributed by atoms with Crippen molar-refractivity contribution in [3.05, 3.63) is 29.3 Å². The predicted molar refractivity (Wildman–Crippen MR) is 78.2 cm³/mol. The van der Waals surface area contributed by atoms with Crippen molar-refractivity contribution in [1.29, 1.82) is 0 Å². The highest BCUT2D eigenvalue weighted by atomic mass is 32.2. The number of nitrogens with zero attached hydrogens (tertiary/aromatic N) is 1. The van der Waals surface area contributed by atoms with Gasteiger partial charge in [0.2, 0.25) is 5.91 Å². The van der Waals surface area contributed by atoms with Crippen LogP contribution < -0.4 is 5.73 Å². The molecule has 1 saturated carbocycles. The summed E-state index contributed by atoms with van der Waals surface area (Å²) < 4.78 is 0. The number of fused-ring (bicyclic) bond motifs is 2. The van der Waals surface area contributed by atoms with E-state index in [1.165, 1.54) is 16.0 Å². The minimum Gasteiger partial charge on any atom is -0.338 e. The van der Waals surface area contributed by atoms with Crippen LogP contribution in [-0.4, -0.2) is 29.6 Å². The first-order chi connectivity index (χ1) is 9.10. The summed E-state index contributed by atoms with van der Waals surface area (Å²) in [5, 5.41) is 0. The molecule has 3 rings (SSSR count). The third-order valence-electron chi connectivity index (χ3n) is 4.49. The fourth-order valence-corrected chi connectivity index (χ4v) is 3.89. The Morgan fingerprint density at radius 1 is 1.47 bits per heavy atom. The maximum absolute atomic E-state index is 12.7. The quantitative estimate of drug-likeness (QED) is 0.842. The molecule has 102 valence electrons. The van der Waals surface area contributed by atoms with Gasteiger partial charge in [0.1, 0.15) is 0 Å². The molecule has 4 heteroatoms. The smallest absolute Gasteiger partial charge is 0.233 e. The van der Waals surface area contributed by atoms with E-state index in [1.54, 1.807) is 11.8 Å². The molecule has 0 saturated heterocycles. The molecular weight excluding hydrogens is 256 g/mol. The van der Waals surface area contributed by atoms with E-state index in [1.807, 2.05) is 11.8 Å². The number of likely N-dealkylation sites (N-methyl/N-ethyl adjacent to an activating group) is 1. The number of hydrogen-bond acceptors (Lipinski definition) is 3. The van der Waals surface area contributed by atoms with E-state index in [2.05, 4.69) is 24.5 Å². The summed E-state index contributed by atoms with van der Waals surface area (Å²) in [6, 6.07) is 6.71. The molecule has 1 aliphatic heterocycles. The summed E-state index contributed by atoms with van der Waals surface area (Å²) in [5.74, 6) is 0.280. The lowest BCUT2D eigenvalue weighted by molar-refractivity contribution is -0.143. The predicted octanol–water partition coefficient (Wildman–Crippen LogP) is 2.13. The van der Waals surface area contributed by atoms with Crippen molar-refractivity contribution < 1.29 is 4.79 Å². The second-order valence-electron chi connectivity index (χ2n) is 5.59. The zero-order valence-electron chi connectivity index (χ0n) is 11.5. The molecule has 1 amide bonds. The van der Waals surface area contributed by atoms with Crippen molar-refractivity contribution in [2.75, 3.05) is 12.8 Å². The first-order valence-electron chi connectivity index (χ1n) is 6.83. The topological polar surface area (TPSA) is 46.3 Å². The Morgan fingerprint density at radius 3 is 2.79 bits per heavy atom. The van der Waals surface area contributed by atoms with Crippen LogP contribution in [0.2, 0.25) is 0 Å². The Kier molecular flexibility index (Phi) is 3.10. The summed E-state index contributed by atoms with van der Waals surface area (Å²) >= 11 is 1.73. The first-order valence-corrected chi connectivity index (χ1v) is 8.05. The van der Waals surface area contributed by atoms with Crippen molar-refractivity contribution in [3.8, 4) is 0 Å². The standard InChI is InChI=1S/C15H20N2OS/c1-3-17-9-10-4-5-12(19-2)6-13(10)15(14(17)18)7-11(16)8-15/h4-6,11H,3,7-9,16H2,1-2H3. The molecule has 1 aromatic rings. The van der Waals surface area contributed by atoms with Gasteiger partial charge in [0.15, 0.2) is 0 Å². The number of carbonyl (C=O) groups is 1. The van der Waals surface area contributed by atoms with Crippen LogP contribution in [0.25, 0.3) is 0 Å². The molecule has 1 aromatic carbocycles. The summed E-state index contributed by atoms with van der Waals surface area (Å²) in [6.45, 7) is 3.57. The van der Waals surface area contributed by atoms with E-state index < -0.39 is 0 Å². The van der Waals surface area contributed by atoms with Crippen molar-refractivity contribution in [1.82, 2.24) is 4.90 Å². The number of hydrogen-bond donors (Lipinski definition) is 1. The van der Waals surface area contributed by atoms with Gasteiger partial charge in [-0.2, -0.15) is 0 Å². The van der Waals surface area contributed by atoms with Crippen molar-refractivity contribution in [2.24, 2.45) is 5.73 Å². The molecule has 2 N–H and O–H groups in total. The normalized spacial score (nSPS) is 29.3. The van der Waals surface area contributed by atoms with Crippen LogP contribution in [-0.2, 0) is 16.8 Å². The van der Waals surface area contributed by atoms with Crippen LogP contribution in [0.4, 0.5) is 0 Å². The fraction of sp³-hybridized carbons (Fsp3) is 0.533. The summed E-state index contributed by atoms with van der Waals surface area (Å²) in [5.41, 5.74) is 8.19. The molecule has 19 heavy (non-hydrogen) atoms. The summed E-state index contributed by atoms with van der Waals surface area (Å²) in [4.78, 5) is 15.9. The number of rotatable bonds is 2. The van der Waals surface area contributed by atoms with E-state index in [-0.39, 0.29) is 17.4 Å². The molecule has 0 unspecified atom stereocenters. The third-order valence-corrected chi connectivity index (χ3v) is 5.22. The molecule has 0 atom stereocenters. The van der Waals surface area contributed by atoms with Crippen LogP contribution in [0.3, 0.4) is 0 Å². The fourth-order valence-electron chi connectivity index (χ4n) is 3.45. The minimum absolute atomic E-state index is 0.173. The Labute approximate surface area is 118 Å². The van der Waals surface area contributed by atoms with E-state index >= 15 is 0 Å². The average Bonchev–Trinajstić information content (AvgIpc) is 2.39. The minimum atomic E-state index is -0.325. The van der Waals surface area contributed by atoms with Crippen LogP contribution >= 0.6 is 11.8 Å². The third kappa shape index (κ3) is 1.81. The van der Waals surface area contributed by atoms with Gasteiger partial charge in [-0.25, -0.2) is 0 Å². The number of nitrogens with two attached hydrogens (primary N) is 1. The van der Waals surface area contributed by atoms with Crippen molar-refractivity contribution >= 4 is 17.7 Å². The van der Waals surface area contributed by atoms with Gasteiger partial charge in [0, 0.05) is 24.0 Å². The molecule has 0 radical (unpaired) electrons. The Morgan fingerprint density at radius 2 is 2.21 bits per heavy atom. The highest BCUT2D eigenvalue weighted by Crippen LogP contribution is 2.49. The Balaban J connectivity index is 2.10. The monoisotopic (exact) mass is 276 g/mol. The lowest BCUT2D eigenvalue weighted by atomic mass is 9.58. The Hall–Kier alpha value is -1.00. The number of thioether (sulfide) groups is 1. The molecule has 0 aromatic heterocycles. The summed E-state index contributed by atoms with van der Waals surface area (Å²) in [6.07, 6.45) is 3.67. The van der Waals surface area contributed by atoms with Gasteiger partial charge in [-0.1, -0.05) is 6.07 Å². The molecule has 0 bridgehead atoms. The number of benzene rings is 1. The maximum atomic E-state index is 12.7. The molecule has 1 spiro atoms. The first kappa shape index (κ1) is 13.0. The van der Waals surface area contributed by atoms with E-state index in [0.717, 1.165) is 25.9 Å². The largest absolute Gasteiger partial charge is 0.338 e. The molecule has 3 nitrogen and oxygen atoms in total. The lowest BCUT2D eigenvalue weighted by Crippen LogP contribution is -2.61. The second-order valence-corrected chi connectivity index (χ2v) is 6.47. The van der Waals surface area contributed by atoms with Crippen molar-refractivity contribution in [2.45, 2.75) is 42.7 Å². The van der Waals surface area contributed by atoms with Gasteiger partial charge in [-0.05, 0) is 49.3 Å². The zero-order chi connectivity index (χ0) is 13.6. The maximum Gasteiger partial charge on any atom is 0.233 e. The molecule has 2 aliphatic rings. The van der Waals surface area contributed by atoms with E-state index in [4.69, 9.17) is 5.73 Å². The number of amides is 1. The van der Waals surface area contributed by atoms with Crippen molar-refractivity contribution in [3.63, 3.8) is 0 Å². The number of carbonyl (C=O) groups excluding carboxylic acids is 1. The average molecular weight is 276 g/mol. The van der Waals surface area contributed by atoms with Gasteiger partial charge in [-0.3, -0.25) is 4.79 Å². The van der Waals surface area contributed by atoms with Crippen LogP contribution in [0.1, 0.15) is 30.9 Å². The highest BCUT2D eigenvalue weighted by molar-refractivity contribution is 7.98. The second kappa shape index (κ2) is 4.53. The SMILES string of the molecule is CCN1Cc2ccc(SC)cc2C2(CC(N)C2)C1=O. The molecule has 1 aliphatic carbocycles. The zero-order valence-corrected chi connectivity index (χ0v) is 12.3. The van der Waals surface area contributed by atoms with Gasteiger partial charge < -0.3 is 10.6 Å². The molecule has 1 heterocycles. The molecule has 1 fully saturated rings. The van der Waals surface area contributed by atoms with E-state index in [0.29, 0.717) is 0 Å². The summed E-state index contributed by atoms with van der Waals surface area (Å²) in [7, 11) is 0. The lowest BCUT2D eigenvalue weighted by Gasteiger charge is -2.51. The van der Waals surface area contributed by atoms with Gasteiger partial charge in [0.05, 0.1) is 5.41 Å². The van der Waals surface area contributed by atoms with Crippen LogP contribution in [0.5, 0.6) is 0 Å². The van der Waals surface area contributed by atoms with Gasteiger partial charge in [-0.15, -0.1) is 11.8 Å². The van der Waals surface area contributed by atoms with Gasteiger partial charge >= 0.3 is 0 Å². The Bertz CT molecular complexity index is 523.